The summed E-state index contributed by atoms with van der Waals surface area (Å²) < 4.78 is 32.0. The number of benzene rings is 1. The van der Waals surface area contributed by atoms with Gasteiger partial charge in [0, 0.05) is 18.1 Å². The lowest BCUT2D eigenvalue weighted by Crippen LogP contribution is -2.17. The second kappa shape index (κ2) is 4.78. The molecule has 1 unspecified atom stereocenters. The average molecular weight is 229 g/mol. The first-order valence-corrected chi connectivity index (χ1v) is 5.17. The van der Waals surface area contributed by atoms with Crippen LogP contribution in [-0.2, 0) is 5.92 Å². The number of methoxy groups -OCH3 is 1. The van der Waals surface area contributed by atoms with Crippen LogP contribution in [0.3, 0.4) is 0 Å². The Balaban J connectivity index is 3.38. The topological polar surface area (TPSA) is 35.2 Å². The average Bonchev–Trinajstić information content (AvgIpc) is 2.25. The highest BCUT2D eigenvalue weighted by atomic mass is 19.3. The zero-order chi connectivity index (χ0) is 12.3. The molecule has 0 bridgehead atoms. The molecule has 1 rings (SSSR count). The normalized spacial score (nSPS) is 13.6. The molecule has 0 aliphatic rings. The monoisotopic (exact) mass is 229 g/mol. The van der Waals surface area contributed by atoms with Crippen molar-refractivity contribution in [3.05, 3.63) is 29.3 Å². The fourth-order valence-corrected chi connectivity index (χ4v) is 1.73. The Bertz CT molecular complexity index is 361. The van der Waals surface area contributed by atoms with Crippen LogP contribution in [0.1, 0.15) is 30.9 Å². The Morgan fingerprint density at radius 1 is 1.44 bits per heavy atom. The highest BCUT2D eigenvalue weighted by molar-refractivity contribution is 5.44. The molecule has 0 saturated carbocycles. The molecule has 0 aliphatic carbocycles. The predicted octanol–water partition coefficient (Wildman–Crippen LogP) is 2.87. The summed E-state index contributed by atoms with van der Waals surface area (Å²) in [4.78, 5) is 0. The maximum atomic E-state index is 13.4. The van der Waals surface area contributed by atoms with Crippen molar-refractivity contribution in [2.24, 2.45) is 5.73 Å². The molecule has 16 heavy (non-hydrogen) atoms. The Kier molecular flexibility index (Phi) is 3.86. The molecule has 0 heterocycles. The van der Waals surface area contributed by atoms with Gasteiger partial charge in [-0.25, -0.2) is 8.78 Å². The van der Waals surface area contributed by atoms with Gasteiger partial charge >= 0.3 is 0 Å². The van der Waals surface area contributed by atoms with Gasteiger partial charge in [0.05, 0.1) is 7.11 Å². The SMILES string of the molecule is COc1cccc(C(C)(F)F)c1C(C)CN. The molecule has 0 aliphatic heterocycles. The standard InChI is InChI=1S/C12H17F2NO/c1-8(7-15)11-9(12(2,13)14)5-4-6-10(11)16-3/h4-6,8H,7,15H2,1-3H3. The third kappa shape index (κ3) is 2.50. The van der Waals surface area contributed by atoms with Crippen molar-refractivity contribution in [1.29, 1.82) is 0 Å². The zero-order valence-electron chi connectivity index (χ0n) is 9.76. The van der Waals surface area contributed by atoms with Crippen molar-refractivity contribution in [2.75, 3.05) is 13.7 Å². The van der Waals surface area contributed by atoms with E-state index < -0.39 is 5.92 Å². The van der Waals surface area contributed by atoms with Gasteiger partial charge in [-0.1, -0.05) is 19.1 Å². The molecule has 4 heteroatoms. The summed E-state index contributed by atoms with van der Waals surface area (Å²) in [6, 6.07) is 4.67. The van der Waals surface area contributed by atoms with E-state index in [-0.39, 0.29) is 11.5 Å². The van der Waals surface area contributed by atoms with Crippen LogP contribution < -0.4 is 10.5 Å². The third-order valence-corrected chi connectivity index (χ3v) is 2.61. The molecule has 1 aromatic rings. The molecule has 0 saturated heterocycles. The van der Waals surface area contributed by atoms with E-state index in [0.717, 1.165) is 6.92 Å². The van der Waals surface area contributed by atoms with Crippen molar-refractivity contribution in [3.63, 3.8) is 0 Å². The Morgan fingerprint density at radius 3 is 2.50 bits per heavy atom. The highest BCUT2D eigenvalue weighted by Crippen LogP contribution is 2.38. The fraction of sp³-hybridized carbons (Fsp3) is 0.500. The summed E-state index contributed by atoms with van der Waals surface area (Å²) in [6.45, 7) is 3.01. The molecule has 0 spiro atoms. The molecule has 0 fully saturated rings. The lowest BCUT2D eigenvalue weighted by atomic mass is 9.92. The van der Waals surface area contributed by atoms with E-state index in [2.05, 4.69) is 0 Å². The zero-order valence-corrected chi connectivity index (χ0v) is 9.76. The van der Waals surface area contributed by atoms with Gasteiger partial charge in [0.1, 0.15) is 5.75 Å². The molecule has 2 N–H and O–H groups in total. The molecule has 0 radical (unpaired) electrons. The Hall–Kier alpha value is -1.16. The van der Waals surface area contributed by atoms with Crippen LogP contribution in [0, 0.1) is 0 Å². The maximum Gasteiger partial charge on any atom is 0.270 e. The molecular weight excluding hydrogens is 212 g/mol. The number of alkyl halides is 2. The Morgan fingerprint density at radius 2 is 2.06 bits per heavy atom. The van der Waals surface area contributed by atoms with Crippen LogP contribution in [-0.4, -0.2) is 13.7 Å². The highest BCUT2D eigenvalue weighted by Gasteiger charge is 2.30. The van der Waals surface area contributed by atoms with E-state index in [9.17, 15) is 8.78 Å². The van der Waals surface area contributed by atoms with Gasteiger partial charge in [0.15, 0.2) is 0 Å². The minimum Gasteiger partial charge on any atom is -0.496 e. The maximum absolute atomic E-state index is 13.4. The number of nitrogens with two attached hydrogens (primary N) is 1. The third-order valence-electron chi connectivity index (χ3n) is 2.61. The summed E-state index contributed by atoms with van der Waals surface area (Å²) in [5.41, 5.74) is 6.03. The Labute approximate surface area is 94.4 Å². The molecule has 0 aromatic heterocycles. The van der Waals surface area contributed by atoms with Crippen molar-refractivity contribution in [3.8, 4) is 5.75 Å². The van der Waals surface area contributed by atoms with E-state index in [4.69, 9.17) is 10.5 Å². The van der Waals surface area contributed by atoms with E-state index in [1.165, 1.54) is 13.2 Å². The second-order valence-electron chi connectivity index (χ2n) is 3.95. The number of hydrogen-bond acceptors (Lipinski definition) is 2. The van der Waals surface area contributed by atoms with Crippen molar-refractivity contribution in [1.82, 2.24) is 0 Å². The summed E-state index contributed by atoms with van der Waals surface area (Å²) in [5, 5.41) is 0. The minimum absolute atomic E-state index is 0.00944. The molecular formula is C12H17F2NO. The lowest BCUT2D eigenvalue weighted by Gasteiger charge is -2.22. The fourth-order valence-electron chi connectivity index (χ4n) is 1.73. The first-order chi connectivity index (χ1) is 7.41. The summed E-state index contributed by atoms with van der Waals surface area (Å²) in [7, 11) is 1.47. The smallest absolute Gasteiger partial charge is 0.270 e. The van der Waals surface area contributed by atoms with Crippen molar-refractivity contribution in [2.45, 2.75) is 25.7 Å². The van der Waals surface area contributed by atoms with Gasteiger partial charge in [-0.15, -0.1) is 0 Å². The van der Waals surface area contributed by atoms with Crippen LogP contribution in [0.2, 0.25) is 0 Å². The van der Waals surface area contributed by atoms with Gasteiger partial charge in [-0.2, -0.15) is 0 Å². The largest absolute Gasteiger partial charge is 0.496 e. The lowest BCUT2D eigenvalue weighted by molar-refractivity contribution is 0.0160. The minimum atomic E-state index is -2.88. The van der Waals surface area contributed by atoms with Crippen LogP contribution in [0.15, 0.2) is 18.2 Å². The van der Waals surface area contributed by atoms with Crippen molar-refractivity contribution < 1.29 is 13.5 Å². The first-order valence-electron chi connectivity index (χ1n) is 5.17. The predicted molar refractivity (Wildman–Crippen MR) is 60.0 cm³/mol. The van der Waals surface area contributed by atoms with Crippen LogP contribution in [0.4, 0.5) is 8.78 Å². The van der Waals surface area contributed by atoms with E-state index >= 15 is 0 Å². The molecule has 90 valence electrons. The summed E-state index contributed by atoms with van der Waals surface area (Å²) in [6.07, 6.45) is 0. The summed E-state index contributed by atoms with van der Waals surface area (Å²) in [5.74, 6) is -2.57. The number of halogens is 2. The van der Waals surface area contributed by atoms with Crippen molar-refractivity contribution >= 4 is 0 Å². The van der Waals surface area contributed by atoms with Crippen LogP contribution >= 0.6 is 0 Å². The quantitative estimate of drug-likeness (QED) is 0.861. The molecule has 0 amide bonds. The first kappa shape index (κ1) is 12.9. The van der Waals surface area contributed by atoms with Crippen LogP contribution in [0.25, 0.3) is 0 Å². The second-order valence-corrected chi connectivity index (χ2v) is 3.95. The van der Waals surface area contributed by atoms with Gasteiger partial charge in [0.2, 0.25) is 0 Å². The molecule has 1 aromatic carbocycles. The van der Waals surface area contributed by atoms with Gasteiger partial charge in [0.25, 0.3) is 5.92 Å². The van der Waals surface area contributed by atoms with E-state index in [0.29, 0.717) is 17.9 Å². The van der Waals surface area contributed by atoms with Gasteiger partial charge < -0.3 is 10.5 Å². The molecule has 1 atom stereocenters. The van der Waals surface area contributed by atoms with Crippen LogP contribution in [0.5, 0.6) is 5.75 Å². The van der Waals surface area contributed by atoms with Gasteiger partial charge in [-0.05, 0) is 18.5 Å². The number of ether oxygens (including phenoxy) is 1. The molecule has 2 nitrogen and oxygen atoms in total. The number of hydrogen-bond donors (Lipinski definition) is 1. The number of rotatable bonds is 4. The van der Waals surface area contributed by atoms with E-state index in [1.54, 1.807) is 12.1 Å². The van der Waals surface area contributed by atoms with E-state index in [1.807, 2.05) is 6.92 Å². The van der Waals surface area contributed by atoms with Gasteiger partial charge in [-0.3, -0.25) is 0 Å². The summed E-state index contributed by atoms with van der Waals surface area (Å²) >= 11 is 0.